The van der Waals surface area contributed by atoms with Gasteiger partial charge in [-0.15, -0.1) is 0 Å². The van der Waals surface area contributed by atoms with E-state index in [0.29, 0.717) is 6.04 Å². The summed E-state index contributed by atoms with van der Waals surface area (Å²) < 4.78 is 0. The highest BCUT2D eigenvalue weighted by Crippen LogP contribution is 2.49. The molecule has 0 heterocycles. The maximum absolute atomic E-state index is 3.76. The molecule has 0 unspecified atom stereocenters. The Hall–Kier alpha value is -1.18. The molecule has 2 saturated carbocycles. The lowest BCUT2D eigenvalue weighted by Gasteiger charge is -2.38. The van der Waals surface area contributed by atoms with Gasteiger partial charge >= 0.3 is 0 Å². The summed E-state index contributed by atoms with van der Waals surface area (Å²) in [5.74, 6) is 0. The SMILES string of the molecule is CN(C)c1cccc(NC2CCC3(CCCC3)CC2)c1. The summed E-state index contributed by atoms with van der Waals surface area (Å²) in [7, 11) is 4.20. The molecule has 2 aliphatic carbocycles. The summed E-state index contributed by atoms with van der Waals surface area (Å²) in [6, 6.07) is 9.46. The van der Waals surface area contributed by atoms with Crippen LogP contribution in [0.3, 0.4) is 0 Å². The Bertz CT molecular complexity index is 436. The molecular weight excluding hydrogens is 244 g/mol. The average Bonchev–Trinajstić information content (AvgIpc) is 2.90. The second-order valence-corrected chi connectivity index (χ2v) is 7.07. The minimum atomic E-state index is 0.679. The molecule has 0 amide bonds. The molecule has 20 heavy (non-hydrogen) atoms. The molecule has 0 aromatic heterocycles. The van der Waals surface area contributed by atoms with Gasteiger partial charge in [0.2, 0.25) is 0 Å². The number of nitrogens with one attached hydrogen (secondary N) is 1. The molecule has 1 spiro atoms. The van der Waals surface area contributed by atoms with E-state index in [2.05, 4.69) is 48.6 Å². The molecule has 0 atom stereocenters. The first-order valence-corrected chi connectivity index (χ1v) is 8.21. The van der Waals surface area contributed by atoms with Crippen molar-refractivity contribution in [2.45, 2.75) is 57.4 Å². The zero-order valence-electron chi connectivity index (χ0n) is 13.0. The fourth-order valence-electron chi connectivity index (χ4n) is 4.11. The van der Waals surface area contributed by atoms with Gasteiger partial charge in [-0.25, -0.2) is 0 Å². The van der Waals surface area contributed by atoms with Crippen molar-refractivity contribution in [1.82, 2.24) is 0 Å². The van der Waals surface area contributed by atoms with Gasteiger partial charge in [0, 0.05) is 31.5 Å². The quantitative estimate of drug-likeness (QED) is 0.860. The molecule has 2 nitrogen and oxygen atoms in total. The van der Waals surface area contributed by atoms with E-state index >= 15 is 0 Å². The van der Waals surface area contributed by atoms with Crippen LogP contribution in [0.1, 0.15) is 51.4 Å². The van der Waals surface area contributed by atoms with Crippen molar-refractivity contribution in [2.24, 2.45) is 5.41 Å². The second kappa shape index (κ2) is 5.67. The molecule has 2 fully saturated rings. The van der Waals surface area contributed by atoms with Crippen LogP contribution >= 0.6 is 0 Å². The molecule has 0 saturated heterocycles. The number of anilines is 2. The van der Waals surface area contributed by atoms with Gasteiger partial charge in [0.25, 0.3) is 0 Å². The van der Waals surface area contributed by atoms with Gasteiger partial charge in [-0.2, -0.15) is 0 Å². The van der Waals surface area contributed by atoms with Gasteiger partial charge < -0.3 is 10.2 Å². The van der Waals surface area contributed by atoms with Crippen LogP contribution in [0.25, 0.3) is 0 Å². The van der Waals surface area contributed by atoms with Crippen molar-refractivity contribution in [1.29, 1.82) is 0 Å². The first-order valence-electron chi connectivity index (χ1n) is 8.21. The molecule has 0 bridgehead atoms. The number of hydrogen-bond donors (Lipinski definition) is 1. The van der Waals surface area contributed by atoms with Crippen molar-refractivity contribution in [3.8, 4) is 0 Å². The van der Waals surface area contributed by atoms with Crippen LogP contribution in [0.15, 0.2) is 24.3 Å². The lowest BCUT2D eigenvalue weighted by atomic mass is 9.71. The van der Waals surface area contributed by atoms with Crippen molar-refractivity contribution in [2.75, 3.05) is 24.3 Å². The van der Waals surface area contributed by atoms with Crippen LogP contribution in [-0.4, -0.2) is 20.1 Å². The summed E-state index contributed by atoms with van der Waals surface area (Å²) in [5, 5.41) is 3.76. The van der Waals surface area contributed by atoms with Crippen molar-refractivity contribution < 1.29 is 0 Å². The lowest BCUT2D eigenvalue weighted by Crippen LogP contribution is -2.31. The Labute approximate surface area is 123 Å². The number of rotatable bonds is 3. The number of nitrogens with zero attached hydrogens (tertiary/aromatic N) is 1. The highest BCUT2D eigenvalue weighted by atomic mass is 15.1. The largest absolute Gasteiger partial charge is 0.382 e. The van der Waals surface area contributed by atoms with E-state index in [1.54, 1.807) is 0 Å². The van der Waals surface area contributed by atoms with E-state index in [1.807, 2.05) is 0 Å². The van der Waals surface area contributed by atoms with Crippen LogP contribution in [0.5, 0.6) is 0 Å². The number of benzene rings is 1. The van der Waals surface area contributed by atoms with Gasteiger partial charge in [-0.05, 0) is 62.1 Å². The van der Waals surface area contributed by atoms with Gasteiger partial charge in [0.1, 0.15) is 0 Å². The highest BCUT2D eigenvalue weighted by Gasteiger charge is 2.37. The normalized spacial score (nSPS) is 22.1. The molecule has 3 rings (SSSR count). The van der Waals surface area contributed by atoms with Crippen LogP contribution in [0.4, 0.5) is 11.4 Å². The van der Waals surface area contributed by atoms with Crippen molar-refractivity contribution in [3.05, 3.63) is 24.3 Å². The smallest absolute Gasteiger partial charge is 0.0381 e. The summed E-state index contributed by atoms with van der Waals surface area (Å²) >= 11 is 0. The van der Waals surface area contributed by atoms with E-state index in [0.717, 1.165) is 5.41 Å². The van der Waals surface area contributed by atoms with Gasteiger partial charge in [0.05, 0.1) is 0 Å². The summed E-state index contributed by atoms with van der Waals surface area (Å²) in [6.45, 7) is 0. The lowest BCUT2D eigenvalue weighted by molar-refractivity contribution is 0.188. The third-order valence-corrected chi connectivity index (χ3v) is 5.44. The highest BCUT2D eigenvalue weighted by molar-refractivity contribution is 5.57. The van der Waals surface area contributed by atoms with Crippen LogP contribution in [0, 0.1) is 5.41 Å². The van der Waals surface area contributed by atoms with Crippen LogP contribution in [-0.2, 0) is 0 Å². The first kappa shape index (κ1) is 13.8. The molecule has 2 aliphatic rings. The predicted octanol–water partition coefficient (Wildman–Crippen LogP) is 4.67. The van der Waals surface area contributed by atoms with Gasteiger partial charge in [0.15, 0.2) is 0 Å². The Morgan fingerprint density at radius 1 is 1.05 bits per heavy atom. The number of hydrogen-bond acceptors (Lipinski definition) is 2. The molecule has 110 valence electrons. The van der Waals surface area contributed by atoms with Gasteiger partial charge in [-0.3, -0.25) is 0 Å². The maximum Gasteiger partial charge on any atom is 0.0381 e. The summed E-state index contributed by atoms with van der Waals surface area (Å²) in [6.07, 6.45) is 11.5. The van der Waals surface area contributed by atoms with E-state index in [4.69, 9.17) is 0 Å². The predicted molar refractivity (Wildman–Crippen MR) is 87.5 cm³/mol. The molecule has 1 aromatic carbocycles. The Morgan fingerprint density at radius 2 is 1.75 bits per heavy atom. The fourth-order valence-corrected chi connectivity index (χ4v) is 4.11. The zero-order chi connectivity index (χ0) is 14.0. The topological polar surface area (TPSA) is 15.3 Å². The van der Waals surface area contributed by atoms with Gasteiger partial charge in [-0.1, -0.05) is 18.9 Å². The third-order valence-electron chi connectivity index (χ3n) is 5.44. The standard InChI is InChI=1S/C18H28N2/c1-20(2)17-7-5-6-16(14-17)19-15-8-12-18(13-9-15)10-3-4-11-18/h5-7,14-15,19H,3-4,8-13H2,1-2H3. The molecule has 0 radical (unpaired) electrons. The average molecular weight is 272 g/mol. The first-order chi connectivity index (χ1) is 9.67. The Kier molecular flexibility index (Phi) is 3.91. The molecule has 1 N–H and O–H groups in total. The van der Waals surface area contributed by atoms with Crippen LogP contribution in [0.2, 0.25) is 0 Å². The zero-order valence-corrected chi connectivity index (χ0v) is 13.0. The minimum Gasteiger partial charge on any atom is -0.382 e. The van der Waals surface area contributed by atoms with Crippen molar-refractivity contribution in [3.63, 3.8) is 0 Å². The molecular formula is C18H28N2. The molecule has 2 heteroatoms. The minimum absolute atomic E-state index is 0.679. The summed E-state index contributed by atoms with van der Waals surface area (Å²) in [4.78, 5) is 2.17. The molecule has 1 aromatic rings. The maximum atomic E-state index is 3.76. The van der Waals surface area contributed by atoms with E-state index < -0.39 is 0 Å². The van der Waals surface area contributed by atoms with E-state index in [1.165, 1.54) is 62.7 Å². The fraction of sp³-hybridized carbons (Fsp3) is 0.667. The Balaban J connectivity index is 1.58. The Morgan fingerprint density at radius 3 is 2.40 bits per heavy atom. The second-order valence-electron chi connectivity index (χ2n) is 7.07. The molecule has 0 aliphatic heterocycles. The van der Waals surface area contributed by atoms with Crippen LogP contribution < -0.4 is 10.2 Å². The third kappa shape index (κ3) is 2.94. The summed E-state index contributed by atoms with van der Waals surface area (Å²) in [5.41, 5.74) is 3.30. The monoisotopic (exact) mass is 272 g/mol. The van der Waals surface area contributed by atoms with Crippen molar-refractivity contribution >= 4 is 11.4 Å². The van der Waals surface area contributed by atoms with E-state index in [9.17, 15) is 0 Å². The van der Waals surface area contributed by atoms with E-state index in [-0.39, 0.29) is 0 Å².